The van der Waals surface area contributed by atoms with Crippen LogP contribution in [0.25, 0.3) is 0 Å². The Kier molecular flexibility index (Phi) is 5.38. The van der Waals surface area contributed by atoms with E-state index in [0.29, 0.717) is 5.75 Å². The summed E-state index contributed by atoms with van der Waals surface area (Å²) in [6.45, 7) is 5.28. The van der Waals surface area contributed by atoms with E-state index in [9.17, 15) is 9.00 Å². The van der Waals surface area contributed by atoms with Gasteiger partial charge in [-0.3, -0.25) is 9.00 Å². The summed E-state index contributed by atoms with van der Waals surface area (Å²) >= 11 is 0. The van der Waals surface area contributed by atoms with Crippen LogP contribution >= 0.6 is 0 Å². The lowest BCUT2D eigenvalue weighted by atomic mass is 10.3. The van der Waals surface area contributed by atoms with Gasteiger partial charge in [-0.1, -0.05) is 13.3 Å². The largest absolute Gasteiger partial charge is 0.299 e. The molecule has 0 fully saturated rings. The summed E-state index contributed by atoms with van der Waals surface area (Å²) in [6.07, 6.45) is 1.99. The summed E-state index contributed by atoms with van der Waals surface area (Å²) in [6, 6.07) is 0. The molecule has 2 atom stereocenters. The monoisotopic (exact) mass is 176 g/mol. The van der Waals surface area contributed by atoms with Crippen LogP contribution in [0, 0.1) is 0 Å². The minimum atomic E-state index is -0.944. The van der Waals surface area contributed by atoms with Crippen LogP contribution in [-0.2, 0) is 15.6 Å². The first-order valence-electron chi connectivity index (χ1n) is 3.97. The van der Waals surface area contributed by atoms with E-state index in [2.05, 4.69) is 6.92 Å². The van der Waals surface area contributed by atoms with Crippen LogP contribution in [0.5, 0.6) is 0 Å². The highest BCUT2D eigenvalue weighted by Crippen LogP contribution is 2.00. The quantitative estimate of drug-likeness (QED) is 0.636. The van der Waals surface area contributed by atoms with Crippen molar-refractivity contribution in [2.75, 3.05) is 5.75 Å². The van der Waals surface area contributed by atoms with Gasteiger partial charge < -0.3 is 0 Å². The molecule has 11 heavy (non-hydrogen) atoms. The van der Waals surface area contributed by atoms with Crippen molar-refractivity contribution in [2.45, 2.75) is 38.9 Å². The molecule has 0 aliphatic rings. The number of unbranched alkanes of at least 4 members (excludes halogenated alkanes) is 1. The minimum Gasteiger partial charge on any atom is -0.299 e. The Morgan fingerprint density at radius 3 is 2.45 bits per heavy atom. The lowest BCUT2D eigenvalue weighted by Crippen LogP contribution is -2.21. The highest BCUT2D eigenvalue weighted by Gasteiger charge is 2.14. The van der Waals surface area contributed by atoms with Gasteiger partial charge in [-0.15, -0.1) is 0 Å². The second-order valence-electron chi connectivity index (χ2n) is 2.69. The number of ketones is 1. The molecule has 0 N–H and O–H groups in total. The number of hydrogen-bond acceptors (Lipinski definition) is 2. The molecule has 0 aromatic rings. The fourth-order valence-electron chi connectivity index (χ4n) is 0.648. The normalized spacial score (nSPS) is 15.9. The van der Waals surface area contributed by atoms with Crippen LogP contribution in [0.15, 0.2) is 0 Å². The molecule has 0 bridgehead atoms. The van der Waals surface area contributed by atoms with E-state index in [-0.39, 0.29) is 11.0 Å². The van der Waals surface area contributed by atoms with E-state index >= 15 is 0 Å². The molecule has 0 aliphatic carbocycles. The Morgan fingerprint density at radius 1 is 1.55 bits per heavy atom. The molecule has 0 aromatic carbocycles. The molecule has 2 unspecified atom stereocenters. The Balaban J connectivity index is 3.74. The highest BCUT2D eigenvalue weighted by atomic mass is 32.2. The van der Waals surface area contributed by atoms with Crippen molar-refractivity contribution in [3.05, 3.63) is 0 Å². The summed E-state index contributed by atoms with van der Waals surface area (Å²) in [5.41, 5.74) is 0. The Morgan fingerprint density at radius 2 is 2.09 bits per heavy atom. The fraction of sp³-hybridized carbons (Fsp3) is 0.875. The van der Waals surface area contributed by atoms with Crippen molar-refractivity contribution in [2.24, 2.45) is 0 Å². The number of rotatable bonds is 5. The summed E-state index contributed by atoms with van der Waals surface area (Å²) in [5, 5.41) is -0.276. The predicted octanol–water partition coefficient (Wildman–Crippen LogP) is 1.51. The molecule has 0 radical (unpaired) electrons. The van der Waals surface area contributed by atoms with Gasteiger partial charge in [0.15, 0.2) is 0 Å². The van der Waals surface area contributed by atoms with Gasteiger partial charge in [-0.25, -0.2) is 0 Å². The van der Waals surface area contributed by atoms with Gasteiger partial charge in [0.05, 0.1) is 5.25 Å². The summed E-state index contributed by atoms with van der Waals surface area (Å²) in [7, 11) is -0.944. The van der Waals surface area contributed by atoms with Gasteiger partial charge in [0, 0.05) is 16.6 Å². The highest BCUT2D eigenvalue weighted by molar-refractivity contribution is 7.86. The molecule has 0 aliphatic heterocycles. The van der Waals surface area contributed by atoms with Crippen LogP contribution in [0.2, 0.25) is 0 Å². The molecule has 0 rings (SSSR count). The van der Waals surface area contributed by atoms with Crippen LogP contribution in [-0.4, -0.2) is 21.0 Å². The van der Waals surface area contributed by atoms with Crippen LogP contribution in [0.1, 0.15) is 33.6 Å². The smallest absolute Gasteiger partial charge is 0.145 e. The maximum absolute atomic E-state index is 11.2. The first-order chi connectivity index (χ1) is 5.09. The Labute approximate surface area is 70.8 Å². The summed E-state index contributed by atoms with van der Waals surface area (Å²) in [4.78, 5) is 10.8. The van der Waals surface area contributed by atoms with Crippen LogP contribution in [0.3, 0.4) is 0 Å². The molecule has 3 heteroatoms. The van der Waals surface area contributed by atoms with Crippen LogP contribution < -0.4 is 0 Å². The van der Waals surface area contributed by atoms with E-state index in [4.69, 9.17) is 0 Å². The van der Waals surface area contributed by atoms with E-state index in [1.165, 1.54) is 6.92 Å². The van der Waals surface area contributed by atoms with Crippen molar-refractivity contribution in [1.82, 2.24) is 0 Å². The maximum Gasteiger partial charge on any atom is 0.145 e. The molecular formula is C8H16O2S. The lowest BCUT2D eigenvalue weighted by Gasteiger charge is -2.05. The number of carbonyl (C=O) groups is 1. The van der Waals surface area contributed by atoms with Gasteiger partial charge in [0.25, 0.3) is 0 Å². The molecule has 66 valence electrons. The number of Topliss-reactive ketones (excluding diaryl/α,β-unsaturated/α-hetero) is 1. The summed E-state index contributed by atoms with van der Waals surface area (Å²) in [5.74, 6) is 0.691. The topological polar surface area (TPSA) is 34.1 Å². The molecule has 0 spiro atoms. The van der Waals surface area contributed by atoms with E-state index in [0.717, 1.165) is 12.8 Å². The van der Waals surface area contributed by atoms with Gasteiger partial charge in [-0.05, 0) is 20.3 Å². The molecule has 0 saturated carbocycles. The van der Waals surface area contributed by atoms with Gasteiger partial charge in [0.2, 0.25) is 0 Å². The standard InChI is InChI=1S/C8H16O2S/c1-4-5-6-11(10)8(3)7(2)9/h8H,4-6H2,1-3H3. The average molecular weight is 176 g/mol. The van der Waals surface area contributed by atoms with Crippen molar-refractivity contribution in [3.8, 4) is 0 Å². The minimum absolute atomic E-state index is 0.0273. The van der Waals surface area contributed by atoms with E-state index in [1.807, 2.05) is 0 Å². The lowest BCUT2D eigenvalue weighted by molar-refractivity contribution is -0.116. The number of carbonyl (C=O) groups excluding carboxylic acids is 1. The zero-order valence-electron chi connectivity index (χ0n) is 7.42. The molecular weight excluding hydrogens is 160 g/mol. The number of hydrogen-bond donors (Lipinski definition) is 0. The second-order valence-corrected chi connectivity index (χ2v) is 4.57. The van der Waals surface area contributed by atoms with Crippen molar-refractivity contribution >= 4 is 16.6 Å². The SMILES string of the molecule is CCCCS(=O)C(C)C(C)=O. The third-order valence-corrected chi connectivity index (χ3v) is 3.48. The third-order valence-electron chi connectivity index (χ3n) is 1.67. The van der Waals surface area contributed by atoms with Gasteiger partial charge >= 0.3 is 0 Å². The molecule has 0 amide bonds. The third kappa shape index (κ3) is 4.30. The molecule has 0 heterocycles. The average Bonchev–Trinajstić information content (AvgIpc) is 1.98. The Bertz CT molecular complexity index is 154. The Hall–Kier alpha value is -0.180. The molecule has 2 nitrogen and oxygen atoms in total. The second kappa shape index (κ2) is 5.47. The predicted molar refractivity (Wildman–Crippen MR) is 48.1 cm³/mol. The fourth-order valence-corrected chi connectivity index (χ4v) is 1.95. The molecule has 0 aromatic heterocycles. The van der Waals surface area contributed by atoms with Gasteiger partial charge in [-0.2, -0.15) is 0 Å². The molecule has 0 saturated heterocycles. The van der Waals surface area contributed by atoms with Gasteiger partial charge in [0.1, 0.15) is 5.78 Å². The first kappa shape index (κ1) is 10.8. The van der Waals surface area contributed by atoms with E-state index in [1.54, 1.807) is 6.92 Å². The zero-order chi connectivity index (χ0) is 8.85. The maximum atomic E-state index is 11.2. The first-order valence-corrected chi connectivity index (χ1v) is 5.35. The zero-order valence-corrected chi connectivity index (χ0v) is 8.24. The van der Waals surface area contributed by atoms with Crippen molar-refractivity contribution < 1.29 is 9.00 Å². The van der Waals surface area contributed by atoms with Crippen molar-refractivity contribution in [1.29, 1.82) is 0 Å². The van der Waals surface area contributed by atoms with E-state index < -0.39 is 10.8 Å². The van der Waals surface area contributed by atoms with Crippen molar-refractivity contribution in [3.63, 3.8) is 0 Å². The van der Waals surface area contributed by atoms with Crippen LogP contribution in [0.4, 0.5) is 0 Å². The summed E-state index contributed by atoms with van der Waals surface area (Å²) < 4.78 is 11.2.